The van der Waals surface area contributed by atoms with Gasteiger partial charge in [0.1, 0.15) is 5.75 Å². The SMILES string of the molecule is CC(C)CCC[C@@H](C)[C@@H]1CC[C@@H]2[C@H]3CC=C4C[C@@H](SC(=O)Oc5ccc([N+](=O)[O-])cc5)CC[C@]4(C)[C@@H]3CC[C@]21C. The van der Waals surface area contributed by atoms with Gasteiger partial charge in [0.05, 0.1) is 4.92 Å². The Labute approximate surface area is 245 Å². The Morgan fingerprint density at radius 1 is 1.05 bits per heavy atom. The molecule has 0 saturated heterocycles. The Kier molecular flexibility index (Phi) is 8.76. The third-order valence-electron chi connectivity index (χ3n) is 11.8. The summed E-state index contributed by atoms with van der Waals surface area (Å²) >= 11 is 1.30. The molecule has 0 spiro atoms. The van der Waals surface area contributed by atoms with Crippen LogP contribution in [-0.4, -0.2) is 15.5 Å². The Hall–Kier alpha value is -1.82. The molecule has 0 aliphatic heterocycles. The normalized spacial score (nSPS) is 35.8. The van der Waals surface area contributed by atoms with E-state index in [1.165, 1.54) is 87.4 Å². The lowest BCUT2D eigenvalue weighted by atomic mass is 9.47. The fourth-order valence-electron chi connectivity index (χ4n) is 9.64. The molecule has 0 N–H and O–H groups in total. The van der Waals surface area contributed by atoms with Crippen molar-refractivity contribution in [3.63, 3.8) is 0 Å². The van der Waals surface area contributed by atoms with Crippen LogP contribution in [0.2, 0.25) is 0 Å². The Morgan fingerprint density at radius 2 is 1.80 bits per heavy atom. The zero-order chi connectivity index (χ0) is 28.7. The van der Waals surface area contributed by atoms with E-state index in [9.17, 15) is 14.9 Å². The lowest BCUT2D eigenvalue weighted by Crippen LogP contribution is -2.50. The molecule has 40 heavy (non-hydrogen) atoms. The molecule has 0 heterocycles. The first-order valence-electron chi connectivity index (χ1n) is 15.8. The number of hydrogen-bond acceptors (Lipinski definition) is 5. The minimum Gasteiger partial charge on any atom is -0.418 e. The number of hydrogen-bond donors (Lipinski definition) is 0. The molecule has 1 aromatic carbocycles. The summed E-state index contributed by atoms with van der Waals surface area (Å²) in [5.74, 6) is 5.36. The second-order valence-corrected chi connectivity index (χ2v) is 15.6. The number of non-ortho nitro benzene ring substituents is 1. The van der Waals surface area contributed by atoms with Crippen molar-refractivity contribution in [2.45, 2.75) is 110 Å². The lowest BCUT2D eigenvalue weighted by Gasteiger charge is -2.58. The van der Waals surface area contributed by atoms with Crippen molar-refractivity contribution in [1.29, 1.82) is 0 Å². The Bertz CT molecular complexity index is 1120. The van der Waals surface area contributed by atoms with Gasteiger partial charge in [0.15, 0.2) is 0 Å². The zero-order valence-corrected chi connectivity index (χ0v) is 26.0. The topological polar surface area (TPSA) is 69.4 Å². The van der Waals surface area contributed by atoms with Gasteiger partial charge in [0, 0.05) is 17.4 Å². The quantitative estimate of drug-likeness (QED) is 0.135. The van der Waals surface area contributed by atoms with Crippen molar-refractivity contribution in [2.24, 2.45) is 46.3 Å². The molecular formula is C34H49NO4S. The molecule has 0 amide bonds. The van der Waals surface area contributed by atoms with E-state index in [2.05, 4.69) is 40.7 Å². The van der Waals surface area contributed by atoms with Crippen molar-refractivity contribution in [2.75, 3.05) is 0 Å². The number of fused-ring (bicyclic) bond motifs is 5. The fourth-order valence-corrected chi connectivity index (χ4v) is 10.6. The van der Waals surface area contributed by atoms with Crippen molar-refractivity contribution in [3.05, 3.63) is 46.0 Å². The standard InChI is InChI=1S/C34H49NO4S/c1-22(2)7-6-8-23(3)29-15-16-30-28-14-9-24-21-27(17-19-33(24,4)31(28)18-20-34(29,30)5)40-32(36)39-26-12-10-25(11-13-26)35(37)38/h9-13,22-23,27-31H,6-8,14-21H2,1-5H3/t23-,27+,28-,29+,30-,31-,33+,34+/m1/s1. The molecule has 3 saturated carbocycles. The van der Waals surface area contributed by atoms with E-state index in [0.717, 1.165) is 54.8 Å². The van der Waals surface area contributed by atoms with Crippen molar-refractivity contribution < 1.29 is 14.5 Å². The second kappa shape index (κ2) is 11.8. The van der Waals surface area contributed by atoms with E-state index in [0.29, 0.717) is 11.2 Å². The number of rotatable bonds is 8. The molecule has 0 bridgehead atoms. The summed E-state index contributed by atoms with van der Waals surface area (Å²) in [6.45, 7) is 12.5. The second-order valence-electron chi connectivity index (χ2n) is 14.4. The van der Waals surface area contributed by atoms with Gasteiger partial charge in [-0.15, -0.1) is 0 Å². The largest absolute Gasteiger partial charge is 0.418 e. The summed E-state index contributed by atoms with van der Waals surface area (Å²) in [7, 11) is 0. The van der Waals surface area contributed by atoms with E-state index in [4.69, 9.17) is 4.74 Å². The van der Waals surface area contributed by atoms with Crippen LogP contribution in [0.5, 0.6) is 5.75 Å². The van der Waals surface area contributed by atoms with Gasteiger partial charge in [-0.25, -0.2) is 4.79 Å². The van der Waals surface area contributed by atoms with Gasteiger partial charge >= 0.3 is 5.30 Å². The van der Waals surface area contributed by atoms with Crippen molar-refractivity contribution >= 4 is 22.8 Å². The Morgan fingerprint density at radius 3 is 2.50 bits per heavy atom. The first-order valence-corrected chi connectivity index (χ1v) is 16.7. The molecule has 4 aliphatic rings. The van der Waals surface area contributed by atoms with E-state index in [-0.39, 0.29) is 21.7 Å². The van der Waals surface area contributed by atoms with Crippen LogP contribution in [0.25, 0.3) is 0 Å². The molecule has 4 aliphatic carbocycles. The Balaban J connectivity index is 1.20. The maximum absolute atomic E-state index is 12.7. The van der Waals surface area contributed by atoms with Gasteiger partial charge in [-0.3, -0.25) is 10.1 Å². The number of carbonyl (C=O) groups excluding carboxylic acids is 1. The van der Waals surface area contributed by atoms with E-state index < -0.39 is 4.92 Å². The molecule has 0 aromatic heterocycles. The number of carbonyl (C=O) groups is 1. The first kappa shape index (κ1) is 29.7. The van der Waals surface area contributed by atoms with Gasteiger partial charge in [-0.05, 0) is 122 Å². The highest BCUT2D eigenvalue weighted by molar-refractivity contribution is 8.13. The minimum absolute atomic E-state index is 0.00569. The number of ether oxygens (including phenoxy) is 1. The smallest absolute Gasteiger partial charge is 0.372 e. The number of nitro benzene ring substituents is 1. The van der Waals surface area contributed by atoms with Crippen molar-refractivity contribution in [3.8, 4) is 5.75 Å². The molecular weight excluding hydrogens is 518 g/mol. The molecule has 220 valence electrons. The van der Waals surface area contributed by atoms with Gasteiger partial charge < -0.3 is 4.74 Å². The van der Waals surface area contributed by atoms with Crippen LogP contribution < -0.4 is 4.74 Å². The summed E-state index contributed by atoms with van der Waals surface area (Å²) < 4.78 is 5.50. The van der Waals surface area contributed by atoms with Gasteiger partial charge in [-0.2, -0.15) is 0 Å². The summed E-state index contributed by atoms with van der Waals surface area (Å²) in [5.41, 5.74) is 2.36. The molecule has 5 rings (SSSR count). The third kappa shape index (κ3) is 5.76. The highest BCUT2D eigenvalue weighted by atomic mass is 32.2. The molecule has 0 radical (unpaired) electrons. The van der Waals surface area contributed by atoms with Crippen LogP contribution in [-0.2, 0) is 0 Å². The first-order chi connectivity index (χ1) is 19.0. The number of nitrogens with zero attached hydrogens (tertiary/aromatic N) is 1. The average molecular weight is 568 g/mol. The van der Waals surface area contributed by atoms with E-state index >= 15 is 0 Å². The van der Waals surface area contributed by atoms with Crippen LogP contribution in [0, 0.1) is 56.5 Å². The zero-order valence-electron chi connectivity index (χ0n) is 25.2. The highest BCUT2D eigenvalue weighted by Crippen LogP contribution is 2.67. The monoisotopic (exact) mass is 567 g/mol. The predicted molar refractivity (Wildman–Crippen MR) is 164 cm³/mol. The van der Waals surface area contributed by atoms with Crippen molar-refractivity contribution in [1.82, 2.24) is 0 Å². The molecule has 0 unspecified atom stereocenters. The van der Waals surface area contributed by atoms with Gasteiger partial charge in [0.2, 0.25) is 0 Å². The number of thioether (sulfide) groups is 1. The predicted octanol–water partition coefficient (Wildman–Crippen LogP) is 10.2. The number of benzene rings is 1. The van der Waals surface area contributed by atoms with Gasteiger partial charge in [0.25, 0.3) is 5.69 Å². The molecule has 5 nitrogen and oxygen atoms in total. The summed E-state index contributed by atoms with van der Waals surface area (Å²) in [6, 6.07) is 5.74. The van der Waals surface area contributed by atoms with Gasteiger partial charge in [-0.1, -0.05) is 65.5 Å². The van der Waals surface area contributed by atoms with Crippen LogP contribution in [0.15, 0.2) is 35.9 Å². The van der Waals surface area contributed by atoms with E-state index in [1.807, 2.05) is 0 Å². The summed E-state index contributed by atoms with van der Waals surface area (Å²) in [6.07, 6.45) is 16.7. The van der Waals surface area contributed by atoms with Crippen LogP contribution in [0.4, 0.5) is 10.5 Å². The fraction of sp³-hybridized carbons (Fsp3) is 0.735. The molecule has 1 aromatic rings. The minimum atomic E-state index is -0.449. The summed E-state index contributed by atoms with van der Waals surface area (Å²) in [4.78, 5) is 23.1. The maximum atomic E-state index is 12.7. The molecule has 8 atom stereocenters. The lowest BCUT2D eigenvalue weighted by molar-refractivity contribution is -0.384. The van der Waals surface area contributed by atoms with Crippen LogP contribution >= 0.6 is 11.8 Å². The van der Waals surface area contributed by atoms with Crippen LogP contribution in [0.1, 0.15) is 105 Å². The molecule has 3 fully saturated rings. The third-order valence-corrected chi connectivity index (χ3v) is 12.8. The van der Waals surface area contributed by atoms with E-state index in [1.54, 1.807) is 5.57 Å². The summed E-state index contributed by atoms with van der Waals surface area (Å²) in [5, 5.41) is 10.8. The highest BCUT2D eigenvalue weighted by Gasteiger charge is 2.59. The maximum Gasteiger partial charge on any atom is 0.372 e. The van der Waals surface area contributed by atoms with Crippen LogP contribution in [0.3, 0.4) is 0 Å². The molecule has 6 heteroatoms. The number of allylic oxidation sites excluding steroid dienone is 2. The average Bonchev–Trinajstić information content (AvgIpc) is 3.26. The number of nitro groups is 1.